The van der Waals surface area contributed by atoms with Crippen molar-refractivity contribution in [1.29, 1.82) is 0 Å². The minimum absolute atomic E-state index is 0.0609. The number of ketones is 1. The fourth-order valence-corrected chi connectivity index (χ4v) is 3.31. The molecule has 1 aromatic rings. The number of rotatable bonds is 5. The Hall–Kier alpha value is -1.72. The van der Waals surface area contributed by atoms with Crippen LogP contribution in [0, 0.1) is 5.92 Å². The summed E-state index contributed by atoms with van der Waals surface area (Å²) in [5, 5.41) is 2.68. The Balaban J connectivity index is 0.000000313. The number of nitrogens with one attached hydrogen (secondary N) is 1. The van der Waals surface area contributed by atoms with E-state index in [2.05, 4.69) is 12.2 Å². The van der Waals surface area contributed by atoms with E-state index in [0.717, 1.165) is 11.5 Å². The van der Waals surface area contributed by atoms with Crippen molar-refractivity contribution in [2.75, 3.05) is 6.61 Å². The number of carbonyl (C=O) groups excluding carboxylic acids is 2. The van der Waals surface area contributed by atoms with Crippen molar-refractivity contribution in [1.82, 2.24) is 5.32 Å². The highest BCUT2D eigenvalue weighted by atomic mass is 16.5. The van der Waals surface area contributed by atoms with E-state index in [1.54, 1.807) is 13.8 Å². The molecule has 5 heteroatoms. The van der Waals surface area contributed by atoms with Crippen molar-refractivity contribution in [2.24, 2.45) is 5.92 Å². The van der Waals surface area contributed by atoms with Crippen LogP contribution in [0.5, 0.6) is 0 Å². The van der Waals surface area contributed by atoms with Gasteiger partial charge in [-0.3, -0.25) is 9.59 Å². The van der Waals surface area contributed by atoms with Crippen molar-refractivity contribution in [3.63, 3.8) is 0 Å². The van der Waals surface area contributed by atoms with Gasteiger partial charge in [-0.15, -0.1) is 0 Å². The Morgan fingerprint density at radius 1 is 1.19 bits per heavy atom. The Morgan fingerprint density at radius 3 is 2.37 bits per heavy atom. The van der Waals surface area contributed by atoms with Crippen molar-refractivity contribution in [2.45, 2.75) is 77.7 Å². The Morgan fingerprint density at radius 2 is 1.85 bits per heavy atom. The number of amides is 1. The molecule has 2 fully saturated rings. The van der Waals surface area contributed by atoms with Crippen LogP contribution in [0.4, 0.5) is 0 Å². The number of hydrogen-bond acceptors (Lipinski definition) is 4. The van der Waals surface area contributed by atoms with E-state index in [0.29, 0.717) is 6.61 Å². The molecular formula is C22H33NO4. The van der Waals surface area contributed by atoms with Gasteiger partial charge in [0.2, 0.25) is 5.91 Å². The van der Waals surface area contributed by atoms with Crippen LogP contribution in [0.2, 0.25) is 0 Å². The van der Waals surface area contributed by atoms with Crippen LogP contribution in [0.15, 0.2) is 30.3 Å². The second-order valence-corrected chi connectivity index (χ2v) is 7.65. The van der Waals surface area contributed by atoms with E-state index >= 15 is 0 Å². The highest BCUT2D eigenvalue weighted by molar-refractivity contribution is 5.92. The van der Waals surface area contributed by atoms with E-state index < -0.39 is 12.1 Å². The van der Waals surface area contributed by atoms with Gasteiger partial charge in [-0.1, -0.05) is 69.4 Å². The van der Waals surface area contributed by atoms with Crippen molar-refractivity contribution >= 4 is 11.7 Å². The van der Waals surface area contributed by atoms with Gasteiger partial charge >= 0.3 is 0 Å². The number of ether oxygens (including phenoxy) is 2. The van der Waals surface area contributed by atoms with Crippen LogP contribution in [0.25, 0.3) is 0 Å². The summed E-state index contributed by atoms with van der Waals surface area (Å²) in [7, 11) is 0. The molecule has 0 bridgehead atoms. The third-order valence-corrected chi connectivity index (χ3v) is 5.21. The first kappa shape index (κ1) is 21.6. The van der Waals surface area contributed by atoms with E-state index in [-0.39, 0.29) is 24.4 Å². The first-order valence-electron chi connectivity index (χ1n) is 10.1. The fourth-order valence-electron chi connectivity index (χ4n) is 3.31. The summed E-state index contributed by atoms with van der Waals surface area (Å²) in [5.41, 5.74) is 1.00. The third-order valence-electron chi connectivity index (χ3n) is 5.21. The molecule has 1 saturated carbocycles. The number of carbonyl (C=O) groups is 2. The average molecular weight is 376 g/mol. The largest absolute Gasteiger partial charge is 0.368 e. The second-order valence-electron chi connectivity index (χ2n) is 7.65. The summed E-state index contributed by atoms with van der Waals surface area (Å²) in [6.45, 7) is 6.22. The first-order chi connectivity index (χ1) is 13.0. The second kappa shape index (κ2) is 11.2. The van der Waals surface area contributed by atoms with E-state index in [1.165, 1.54) is 32.1 Å². The molecule has 1 amide bonds. The summed E-state index contributed by atoms with van der Waals surface area (Å²) in [6.07, 6.45) is 6.54. The Kier molecular flexibility index (Phi) is 8.95. The summed E-state index contributed by atoms with van der Waals surface area (Å²) in [5.74, 6) is 0.645. The summed E-state index contributed by atoms with van der Waals surface area (Å²) in [4.78, 5) is 23.5. The third kappa shape index (κ3) is 7.43. The zero-order chi connectivity index (χ0) is 19.6. The molecule has 27 heavy (non-hydrogen) atoms. The normalized spacial score (nSPS) is 24.0. The van der Waals surface area contributed by atoms with Gasteiger partial charge in [-0.25, -0.2) is 0 Å². The molecule has 2 aliphatic rings. The lowest BCUT2D eigenvalue weighted by molar-refractivity contribution is -0.135. The SMILES string of the molecule is CC(OCc1ccccc1)C(=O)N[C@H]1C(=O)CO[C@H]1C.CC1CCCCC1. The molecule has 1 unspecified atom stereocenters. The summed E-state index contributed by atoms with van der Waals surface area (Å²) < 4.78 is 10.7. The molecule has 150 valence electrons. The zero-order valence-corrected chi connectivity index (χ0v) is 16.8. The molecule has 1 aliphatic carbocycles. The average Bonchev–Trinajstić information content (AvgIpc) is 3.00. The van der Waals surface area contributed by atoms with Crippen LogP contribution in [-0.4, -0.2) is 36.5 Å². The quantitative estimate of drug-likeness (QED) is 0.853. The van der Waals surface area contributed by atoms with Crippen molar-refractivity contribution < 1.29 is 19.1 Å². The molecule has 0 radical (unpaired) electrons. The fraction of sp³-hybridized carbons (Fsp3) is 0.636. The van der Waals surface area contributed by atoms with E-state index in [1.807, 2.05) is 30.3 Å². The van der Waals surface area contributed by atoms with Gasteiger partial charge in [-0.2, -0.15) is 0 Å². The molecule has 1 saturated heterocycles. The lowest BCUT2D eigenvalue weighted by Crippen LogP contribution is -2.47. The van der Waals surface area contributed by atoms with Gasteiger partial charge in [0.05, 0.1) is 12.7 Å². The molecule has 3 atom stereocenters. The molecule has 1 heterocycles. The topological polar surface area (TPSA) is 64.6 Å². The summed E-state index contributed by atoms with van der Waals surface area (Å²) >= 11 is 0. The maximum absolute atomic E-state index is 12.0. The van der Waals surface area contributed by atoms with Gasteiger partial charge in [-0.05, 0) is 25.3 Å². The maximum atomic E-state index is 12.0. The molecule has 1 aromatic carbocycles. The number of hydrogen-bond donors (Lipinski definition) is 1. The number of benzene rings is 1. The molecule has 1 aliphatic heterocycles. The molecular weight excluding hydrogens is 342 g/mol. The standard InChI is InChI=1S/C15H19NO4.C7H14/c1-10-14(13(17)9-20-10)16-15(18)11(2)19-8-12-6-4-3-5-7-12;1-7-5-3-2-4-6-7/h3-7,10-11,14H,8-9H2,1-2H3,(H,16,18);7H,2-6H2,1H3/t10-,11?,14+;/m0./s1. The lowest BCUT2D eigenvalue weighted by atomic mass is 9.91. The smallest absolute Gasteiger partial charge is 0.249 e. The maximum Gasteiger partial charge on any atom is 0.249 e. The van der Waals surface area contributed by atoms with Crippen LogP contribution < -0.4 is 5.32 Å². The minimum atomic E-state index is -0.615. The van der Waals surface area contributed by atoms with Gasteiger partial charge in [0.25, 0.3) is 0 Å². The highest BCUT2D eigenvalue weighted by Gasteiger charge is 2.34. The molecule has 3 rings (SSSR count). The van der Waals surface area contributed by atoms with Gasteiger partial charge in [0, 0.05) is 0 Å². The highest BCUT2D eigenvalue weighted by Crippen LogP contribution is 2.22. The van der Waals surface area contributed by atoms with Gasteiger partial charge < -0.3 is 14.8 Å². The van der Waals surface area contributed by atoms with Crippen LogP contribution >= 0.6 is 0 Å². The Bertz CT molecular complexity index is 583. The van der Waals surface area contributed by atoms with Crippen molar-refractivity contribution in [3.8, 4) is 0 Å². The monoisotopic (exact) mass is 375 g/mol. The first-order valence-corrected chi connectivity index (χ1v) is 10.1. The summed E-state index contributed by atoms with van der Waals surface area (Å²) in [6, 6.07) is 9.05. The van der Waals surface area contributed by atoms with Crippen LogP contribution in [0.3, 0.4) is 0 Å². The molecule has 1 N–H and O–H groups in total. The van der Waals surface area contributed by atoms with Gasteiger partial charge in [0.1, 0.15) is 18.8 Å². The minimum Gasteiger partial charge on any atom is -0.368 e. The van der Waals surface area contributed by atoms with E-state index in [4.69, 9.17) is 9.47 Å². The molecule has 5 nitrogen and oxygen atoms in total. The van der Waals surface area contributed by atoms with Crippen molar-refractivity contribution in [3.05, 3.63) is 35.9 Å². The lowest BCUT2D eigenvalue weighted by Gasteiger charge is -2.18. The molecule has 0 aromatic heterocycles. The van der Waals surface area contributed by atoms with Gasteiger partial charge in [0.15, 0.2) is 5.78 Å². The predicted molar refractivity (Wildman–Crippen MR) is 105 cm³/mol. The van der Waals surface area contributed by atoms with Crippen LogP contribution in [0.1, 0.15) is 58.4 Å². The zero-order valence-electron chi connectivity index (χ0n) is 16.8. The van der Waals surface area contributed by atoms with E-state index in [9.17, 15) is 9.59 Å². The number of Topliss-reactive ketones (excluding diaryl/α,β-unsaturated/α-hetero) is 1. The Labute approximate surface area is 162 Å². The molecule has 0 spiro atoms. The predicted octanol–water partition coefficient (Wildman–Crippen LogP) is 3.65. The van der Waals surface area contributed by atoms with Crippen LogP contribution in [-0.2, 0) is 25.7 Å².